The molecular formula is C18H22N2O3. The van der Waals surface area contributed by atoms with Gasteiger partial charge in [0.05, 0.1) is 13.2 Å². The van der Waals surface area contributed by atoms with Gasteiger partial charge in [0.15, 0.2) is 0 Å². The SMILES string of the molecule is COc1cccc(NC(=O)NCC(OC)c2ccccc2C)c1. The number of carbonyl (C=O) groups excluding carboxylic acids is 1. The smallest absolute Gasteiger partial charge is 0.319 e. The highest BCUT2D eigenvalue weighted by atomic mass is 16.5. The molecule has 2 aromatic rings. The van der Waals surface area contributed by atoms with Crippen molar-refractivity contribution in [1.82, 2.24) is 5.32 Å². The Morgan fingerprint density at radius 2 is 1.91 bits per heavy atom. The largest absolute Gasteiger partial charge is 0.497 e. The summed E-state index contributed by atoms with van der Waals surface area (Å²) in [5, 5.41) is 5.61. The van der Waals surface area contributed by atoms with E-state index in [1.165, 1.54) is 0 Å². The zero-order chi connectivity index (χ0) is 16.7. The van der Waals surface area contributed by atoms with Gasteiger partial charge in [-0.05, 0) is 30.2 Å². The molecule has 0 aromatic heterocycles. The average molecular weight is 314 g/mol. The van der Waals surface area contributed by atoms with Crippen molar-refractivity contribution in [2.75, 3.05) is 26.1 Å². The molecule has 2 N–H and O–H groups in total. The lowest BCUT2D eigenvalue weighted by molar-refractivity contribution is 0.104. The third kappa shape index (κ3) is 4.72. The molecule has 5 heteroatoms. The van der Waals surface area contributed by atoms with Crippen LogP contribution >= 0.6 is 0 Å². The van der Waals surface area contributed by atoms with Gasteiger partial charge in [0.1, 0.15) is 5.75 Å². The number of urea groups is 1. The van der Waals surface area contributed by atoms with Crippen molar-refractivity contribution in [1.29, 1.82) is 0 Å². The number of hydrogen-bond donors (Lipinski definition) is 2. The van der Waals surface area contributed by atoms with Gasteiger partial charge in [-0.3, -0.25) is 0 Å². The Hall–Kier alpha value is -2.53. The van der Waals surface area contributed by atoms with Gasteiger partial charge >= 0.3 is 6.03 Å². The Labute approximate surface area is 136 Å². The first-order valence-electron chi connectivity index (χ1n) is 7.41. The Balaban J connectivity index is 1.93. The molecular weight excluding hydrogens is 292 g/mol. The zero-order valence-electron chi connectivity index (χ0n) is 13.6. The lowest BCUT2D eigenvalue weighted by Crippen LogP contribution is -2.33. The monoisotopic (exact) mass is 314 g/mol. The maximum absolute atomic E-state index is 12.0. The fourth-order valence-corrected chi connectivity index (χ4v) is 2.33. The molecule has 0 aliphatic carbocycles. The molecule has 2 aromatic carbocycles. The summed E-state index contributed by atoms with van der Waals surface area (Å²) in [6, 6.07) is 14.9. The van der Waals surface area contributed by atoms with Gasteiger partial charge < -0.3 is 20.1 Å². The standard InChI is InChI=1S/C18H22N2O3/c1-13-7-4-5-10-16(13)17(23-3)12-19-18(21)20-14-8-6-9-15(11-14)22-2/h4-11,17H,12H2,1-3H3,(H2,19,20,21). The number of rotatable bonds is 6. The van der Waals surface area contributed by atoms with E-state index in [1.54, 1.807) is 26.4 Å². The molecule has 1 atom stereocenters. The van der Waals surface area contributed by atoms with Gasteiger partial charge in [0.2, 0.25) is 0 Å². The van der Waals surface area contributed by atoms with Crippen LogP contribution in [-0.2, 0) is 4.74 Å². The Morgan fingerprint density at radius 1 is 1.13 bits per heavy atom. The highest BCUT2D eigenvalue weighted by Gasteiger charge is 2.14. The van der Waals surface area contributed by atoms with Crippen LogP contribution in [0.1, 0.15) is 17.2 Å². The van der Waals surface area contributed by atoms with Crippen molar-refractivity contribution in [2.24, 2.45) is 0 Å². The molecule has 0 aliphatic rings. The van der Waals surface area contributed by atoms with Crippen molar-refractivity contribution in [3.63, 3.8) is 0 Å². The normalized spacial score (nSPS) is 11.6. The number of methoxy groups -OCH3 is 2. The summed E-state index contributed by atoms with van der Waals surface area (Å²) in [4.78, 5) is 12.0. The lowest BCUT2D eigenvalue weighted by Gasteiger charge is -2.18. The zero-order valence-corrected chi connectivity index (χ0v) is 13.6. The van der Waals surface area contributed by atoms with Gasteiger partial charge in [0, 0.05) is 25.4 Å². The number of hydrogen-bond acceptors (Lipinski definition) is 3. The van der Waals surface area contributed by atoms with Gasteiger partial charge in [-0.25, -0.2) is 4.79 Å². The van der Waals surface area contributed by atoms with Gasteiger partial charge in [-0.2, -0.15) is 0 Å². The minimum atomic E-state index is -0.283. The molecule has 0 fully saturated rings. The van der Waals surface area contributed by atoms with Crippen LogP contribution in [0.25, 0.3) is 0 Å². The minimum Gasteiger partial charge on any atom is -0.497 e. The molecule has 5 nitrogen and oxygen atoms in total. The molecule has 2 amide bonds. The van der Waals surface area contributed by atoms with E-state index < -0.39 is 0 Å². The number of amides is 2. The average Bonchev–Trinajstić information content (AvgIpc) is 2.57. The number of aryl methyl sites for hydroxylation is 1. The molecule has 0 aliphatic heterocycles. The number of nitrogens with one attached hydrogen (secondary N) is 2. The van der Waals surface area contributed by atoms with Crippen molar-refractivity contribution in [3.05, 3.63) is 59.7 Å². The Morgan fingerprint density at radius 3 is 2.61 bits per heavy atom. The van der Waals surface area contributed by atoms with Crippen LogP contribution in [0, 0.1) is 6.92 Å². The minimum absolute atomic E-state index is 0.188. The lowest BCUT2D eigenvalue weighted by atomic mass is 10.0. The van der Waals surface area contributed by atoms with Gasteiger partial charge in [0.25, 0.3) is 0 Å². The number of benzene rings is 2. The van der Waals surface area contributed by atoms with Gasteiger partial charge in [-0.15, -0.1) is 0 Å². The van der Waals surface area contributed by atoms with Crippen LogP contribution in [0.3, 0.4) is 0 Å². The third-order valence-electron chi connectivity index (χ3n) is 3.60. The first-order chi connectivity index (χ1) is 11.1. The van der Waals surface area contributed by atoms with Crippen LogP contribution in [0.4, 0.5) is 10.5 Å². The first-order valence-corrected chi connectivity index (χ1v) is 7.41. The van der Waals surface area contributed by atoms with Crippen LogP contribution < -0.4 is 15.4 Å². The summed E-state index contributed by atoms with van der Waals surface area (Å²) >= 11 is 0. The second kappa shape index (κ2) is 8.19. The van der Waals surface area contributed by atoms with E-state index >= 15 is 0 Å². The van der Waals surface area contributed by atoms with Crippen molar-refractivity contribution in [3.8, 4) is 5.75 Å². The van der Waals surface area contributed by atoms with E-state index in [1.807, 2.05) is 43.3 Å². The molecule has 23 heavy (non-hydrogen) atoms. The summed E-state index contributed by atoms with van der Waals surface area (Å²) < 4.78 is 10.6. The molecule has 122 valence electrons. The number of ether oxygens (including phenoxy) is 2. The highest BCUT2D eigenvalue weighted by molar-refractivity contribution is 5.89. The maximum atomic E-state index is 12.0. The van der Waals surface area contributed by atoms with Crippen LogP contribution in [0.15, 0.2) is 48.5 Å². The summed E-state index contributed by atoms with van der Waals surface area (Å²) in [6.07, 6.45) is -0.188. The first kappa shape index (κ1) is 16.8. The summed E-state index contributed by atoms with van der Waals surface area (Å²) in [7, 11) is 3.23. The Kier molecular flexibility index (Phi) is 6.00. The second-order valence-electron chi connectivity index (χ2n) is 5.15. The van der Waals surface area contributed by atoms with Crippen molar-refractivity contribution < 1.29 is 14.3 Å². The Bertz CT molecular complexity index is 658. The van der Waals surface area contributed by atoms with E-state index in [0.29, 0.717) is 18.0 Å². The van der Waals surface area contributed by atoms with E-state index in [2.05, 4.69) is 10.6 Å². The topological polar surface area (TPSA) is 59.6 Å². The fraction of sp³-hybridized carbons (Fsp3) is 0.278. The number of carbonyl (C=O) groups is 1. The predicted molar refractivity (Wildman–Crippen MR) is 90.9 cm³/mol. The van der Waals surface area contributed by atoms with E-state index in [4.69, 9.17) is 9.47 Å². The van der Waals surface area contributed by atoms with Crippen LogP contribution in [0.5, 0.6) is 5.75 Å². The summed E-state index contributed by atoms with van der Waals surface area (Å²) in [6.45, 7) is 2.41. The van der Waals surface area contributed by atoms with E-state index in [0.717, 1.165) is 11.1 Å². The van der Waals surface area contributed by atoms with E-state index in [-0.39, 0.29) is 12.1 Å². The van der Waals surface area contributed by atoms with Crippen LogP contribution in [-0.4, -0.2) is 26.8 Å². The molecule has 0 heterocycles. The summed E-state index contributed by atoms with van der Waals surface area (Å²) in [5.41, 5.74) is 2.87. The fourth-order valence-electron chi connectivity index (χ4n) is 2.33. The van der Waals surface area contributed by atoms with Gasteiger partial charge in [-0.1, -0.05) is 30.3 Å². The molecule has 0 saturated carbocycles. The predicted octanol–water partition coefficient (Wildman–Crippen LogP) is 3.51. The maximum Gasteiger partial charge on any atom is 0.319 e. The van der Waals surface area contributed by atoms with Crippen LogP contribution in [0.2, 0.25) is 0 Å². The van der Waals surface area contributed by atoms with Crippen molar-refractivity contribution in [2.45, 2.75) is 13.0 Å². The molecule has 0 saturated heterocycles. The third-order valence-corrected chi connectivity index (χ3v) is 3.60. The molecule has 0 radical (unpaired) electrons. The van der Waals surface area contributed by atoms with E-state index in [9.17, 15) is 4.79 Å². The summed E-state index contributed by atoms with van der Waals surface area (Å²) in [5.74, 6) is 0.692. The molecule has 0 spiro atoms. The highest BCUT2D eigenvalue weighted by Crippen LogP contribution is 2.20. The quantitative estimate of drug-likeness (QED) is 0.858. The van der Waals surface area contributed by atoms with Crippen molar-refractivity contribution >= 4 is 11.7 Å². The second-order valence-corrected chi connectivity index (χ2v) is 5.15. The molecule has 1 unspecified atom stereocenters. The molecule has 0 bridgehead atoms. The number of anilines is 1. The molecule has 2 rings (SSSR count).